The van der Waals surface area contributed by atoms with Crippen LogP contribution in [0, 0.1) is 0 Å². The highest BCUT2D eigenvalue weighted by molar-refractivity contribution is 5.98. The van der Waals surface area contributed by atoms with Crippen molar-refractivity contribution in [1.29, 1.82) is 0 Å². The molecule has 0 aliphatic heterocycles. The average Bonchev–Trinajstić information content (AvgIpc) is 2.16. The van der Waals surface area contributed by atoms with Crippen LogP contribution in [0.15, 0.2) is 22.8 Å². The largest absolute Gasteiger partial charge is 0.295 e. The molecule has 0 bridgehead atoms. The third kappa shape index (κ3) is 3.49. The van der Waals surface area contributed by atoms with E-state index in [0.29, 0.717) is 0 Å². The summed E-state index contributed by atoms with van der Waals surface area (Å²) in [6.45, 7) is 9.96. The molecule has 0 amide bonds. The zero-order chi connectivity index (χ0) is 11.1. The van der Waals surface area contributed by atoms with Gasteiger partial charge in [-0.2, -0.15) is 0 Å². The second-order valence-electron chi connectivity index (χ2n) is 3.63. The van der Waals surface area contributed by atoms with Crippen molar-refractivity contribution in [1.82, 2.24) is 0 Å². The molecule has 0 saturated heterocycles. The molecule has 0 fully saturated rings. The Morgan fingerprint density at radius 3 is 2.07 bits per heavy atom. The monoisotopic (exact) mass is 194 g/mol. The Labute approximate surface area is 87.9 Å². The quantitative estimate of drug-likeness (QED) is 0.476. The zero-order valence-corrected chi connectivity index (χ0v) is 10.1. The van der Waals surface area contributed by atoms with E-state index in [4.69, 9.17) is 0 Å². The Morgan fingerprint density at radius 2 is 1.79 bits per heavy atom. The summed E-state index contributed by atoms with van der Waals surface area (Å²) in [7, 11) is 0. The van der Waals surface area contributed by atoms with Gasteiger partial charge >= 0.3 is 0 Å². The van der Waals surface area contributed by atoms with Crippen molar-refractivity contribution < 1.29 is 4.79 Å². The molecule has 0 unspecified atom stereocenters. The maximum Gasteiger partial charge on any atom is 0.160 e. The van der Waals surface area contributed by atoms with E-state index in [2.05, 4.69) is 26.8 Å². The van der Waals surface area contributed by atoms with Crippen LogP contribution in [0.3, 0.4) is 0 Å². The Balaban J connectivity index is 5.10. The van der Waals surface area contributed by atoms with Crippen LogP contribution in [-0.2, 0) is 4.79 Å². The predicted molar refractivity (Wildman–Crippen MR) is 62.3 cm³/mol. The molecule has 0 heterocycles. The third-order valence-electron chi connectivity index (χ3n) is 2.50. The molecule has 0 saturated carbocycles. The van der Waals surface area contributed by atoms with Crippen molar-refractivity contribution in [3.8, 4) is 0 Å². The first-order chi connectivity index (χ1) is 6.58. The van der Waals surface area contributed by atoms with Gasteiger partial charge in [0.1, 0.15) is 0 Å². The van der Waals surface area contributed by atoms with Gasteiger partial charge in [-0.05, 0) is 39.2 Å². The first-order valence-corrected chi connectivity index (χ1v) is 5.44. The topological polar surface area (TPSA) is 17.1 Å². The Morgan fingerprint density at radius 1 is 1.21 bits per heavy atom. The van der Waals surface area contributed by atoms with Crippen LogP contribution in [0.4, 0.5) is 0 Å². The summed E-state index contributed by atoms with van der Waals surface area (Å²) in [6, 6.07) is 0. The lowest BCUT2D eigenvalue weighted by atomic mass is 9.93. The molecule has 80 valence electrons. The van der Waals surface area contributed by atoms with E-state index < -0.39 is 0 Å². The maximum absolute atomic E-state index is 11.5. The summed E-state index contributed by atoms with van der Waals surface area (Å²) >= 11 is 0. The van der Waals surface area contributed by atoms with Crippen LogP contribution in [-0.4, -0.2) is 5.78 Å². The number of carbonyl (C=O) groups is 1. The fourth-order valence-corrected chi connectivity index (χ4v) is 1.66. The first-order valence-electron chi connectivity index (χ1n) is 5.44. The second-order valence-corrected chi connectivity index (χ2v) is 3.63. The van der Waals surface area contributed by atoms with Gasteiger partial charge in [0, 0.05) is 5.57 Å². The minimum Gasteiger partial charge on any atom is -0.295 e. The molecule has 0 aromatic rings. The van der Waals surface area contributed by atoms with Crippen molar-refractivity contribution in [2.24, 2.45) is 0 Å². The summed E-state index contributed by atoms with van der Waals surface area (Å²) in [4.78, 5) is 11.5. The smallest absolute Gasteiger partial charge is 0.160 e. The molecule has 0 N–H and O–H groups in total. The van der Waals surface area contributed by atoms with Gasteiger partial charge in [0.2, 0.25) is 0 Å². The molecule has 0 atom stereocenters. The fourth-order valence-electron chi connectivity index (χ4n) is 1.66. The molecule has 0 radical (unpaired) electrons. The minimum atomic E-state index is 0.200. The molecular weight excluding hydrogens is 172 g/mol. The van der Waals surface area contributed by atoms with Gasteiger partial charge in [0.25, 0.3) is 0 Å². The number of ketones is 1. The second kappa shape index (κ2) is 6.58. The lowest BCUT2D eigenvalue weighted by Gasteiger charge is -2.11. The van der Waals surface area contributed by atoms with E-state index in [1.54, 1.807) is 6.92 Å². The van der Waals surface area contributed by atoms with E-state index in [1.165, 1.54) is 11.1 Å². The predicted octanol–water partition coefficient (Wildman–Crippen LogP) is 4.05. The SMILES string of the molecule is C/C=C(CCC)\C(C(C)=O)=C(/C)CC. The van der Waals surface area contributed by atoms with Gasteiger partial charge in [-0.3, -0.25) is 4.79 Å². The Kier molecular flexibility index (Phi) is 6.18. The van der Waals surface area contributed by atoms with Crippen LogP contribution in [0.1, 0.15) is 53.9 Å². The fraction of sp³-hybridized carbons (Fsp3) is 0.615. The first kappa shape index (κ1) is 13.2. The van der Waals surface area contributed by atoms with Crippen LogP contribution in [0.5, 0.6) is 0 Å². The molecule has 14 heavy (non-hydrogen) atoms. The van der Waals surface area contributed by atoms with Crippen LogP contribution in [0.25, 0.3) is 0 Å². The van der Waals surface area contributed by atoms with Gasteiger partial charge in [-0.25, -0.2) is 0 Å². The molecular formula is C13H22O. The van der Waals surface area contributed by atoms with Crippen LogP contribution < -0.4 is 0 Å². The zero-order valence-electron chi connectivity index (χ0n) is 10.1. The van der Waals surface area contributed by atoms with Crippen molar-refractivity contribution in [2.45, 2.75) is 53.9 Å². The van der Waals surface area contributed by atoms with Crippen LogP contribution >= 0.6 is 0 Å². The normalized spacial score (nSPS) is 13.9. The molecule has 0 aromatic heterocycles. The summed E-state index contributed by atoms with van der Waals surface area (Å²) in [6.07, 6.45) is 5.12. The molecule has 0 aliphatic carbocycles. The number of carbonyl (C=O) groups excluding carboxylic acids is 1. The van der Waals surface area contributed by atoms with Crippen molar-refractivity contribution in [3.05, 3.63) is 22.8 Å². The molecule has 0 aromatic carbocycles. The Bertz CT molecular complexity index is 256. The van der Waals surface area contributed by atoms with Crippen molar-refractivity contribution in [2.75, 3.05) is 0 Å². The van der Waals surface area contributed by atoms with Gasteiger partial charge in [-0.15, -0.1) is 0 Å². The number of rotatable bonds is 5. The molecule has 1 nitrogen and oxygen atoms in total. The third-order valence-corrected chi connectivity index (χ3v) is 2.50. The summed E-state index contributed by atoms with van der Waals surface area (Å²) in [5.41, 5.74) is 3.37. The van der Waals surface area contributed by atoms with E-state index in [1.807, 2.05) is 6.92 Å². The minimum absolute atomic E-state index is 0.200. The van der Waals surface area contributed by atoms with Crippen molar-refractivity contribution in [3.63, 3.8) is 0 Å². The number of hydrogen-bond donors (Lipinski definition) is 0. The highest BCUT2D eigenvalue weighted by Crippen LogP contribution is 2.22. The Hall–Kier alpha value is -0.850. The maximum atomic E-state index is 11.5. The van der Waals surface area contributed by atoms with E-state index in [0.717, 1.165) is 24.8 Å². The summed E-state index contributed by atoms with van der Waals surface area (Å²) < 4.78 is 0. The number of hydrogen-bond acceptors (Lipinski definition) is 1. The summed E-state index contributed by atoms with van der Waals surface area (Å²) in [5, 5.41) is 0. The highest BCUT2D eigenvalue weighted by Gasteiger charge is 2.11. The molecule has 0 spiro atoms. The highest BCUT2D eigenvalue weighted by atomic mass is 16.1. The van der Waals surface area contributed by atoms with E-state index in [9.17, 15) is 4.79 Å². The lowest BCUT2D eigenvalue weighted by Crippen LogP contribution is -2.03. The van der Waals surface area contributed by atoms with Crippen molar-refractivity contribution >= 4 is 5.78 Å². The van der Waals surface area contributed by atoms with Gasteiger partial charge in [0.15, 0.2) is 5.78 Å². The molecule has 0 aliphatic rings. The lowest BCUT2D eigenvalue weighted by molar-refractivity contribution is -0.113. The van der Waals surface area contributed by atoms with Gasteiger partial charge < -0.3 is 0 Å². The standard InChI is InChI=1S/C13H22O/c1-6-9-12(8-3)13(11(5)14)10(4)7-2/h8H,6-7,9H2,1-5H3/b12-8-,13-10+. The van der Waals surface area contributed by atoms with E-state index >= 15 is 0 Å². The number of Topliss-reactive ketones (excluding diaryl/α,β-unsaturated/α-hetero) is 1. The average molecular weight is 194 g/mol. The number of allylic oxidation sites excluding steroid dienone is 4. The van der Waals surface area contributed by atoms with E-state index in [-0.39, 0.29) is 5.78 Å². The van der Waals surface area contributed by atoms with Crippen LogP contribution in [0.2, 0.25) is 0 Å². The molecule has 1 heteroatoms. The molecule has 0 rings (SSSR count). The van der Waals surface area contributed by atoms with Gasteiger partial charge in [-0.1, -0.05) is 31.9 Å². The summed E-state index contributed by atoms with van der Waals surface area (Å²) in [5.74, 6) is 0.200. The van der Waals surface area contributed by atoms with Gasteiger partial charge in [0.05, 0.1) is 0 Å².